The summed E-state index contributed by atoms with van der Waals surface area (Å²) >= 11 is 0. The van der Waals surface area contributed by atoms with Gasteiger partial charge in [-0.15, -0.1) is 0 Å². The third-order valence-electron chi connectivity index (χ3n) is 6.84. The molecule has 1 aliphatic carbocycles. The number of hydrogen-bond donors (Lipinski definition) is 1. The van der Waals surface area contributed by atoms with Crippen LogP contribution in [0.4, 0.5) is 4.79 Å². The highest BCUT2D eigenvalue weighted by Gasteiger charge is 2.29. The van der Waals surface area contributed by atoms with Gasteiger partial charge >= 0.3 is 6.03 Å². The van der Waals surface area contributed by atoms with E-state index in [4.69, 9.17) is 5.73 Å². The van der Waals surface area contributed by atoms with Gasteiger partial charge in [-0.1, -0.05) is 18.2 Å². The second-order valence-corrected chi connectivity index (χ2v) is 8.64. The van der Waals surface area contributed by atoms with Crippen molar-refractivity contribution >= 4 is 11.9 Å². The van der Waals surface area contributed by atoms with Crippen LogP contribution in [0.25, 0.3) is 0 Å². The molecule has 1 aromatic rings. The second kappa shape index (κ2) is 9.16. The van der Waals surface area contributed by atoms with Crippen molar-refractivity contribution in [3.63, 3.8) is 0 Å². The van der Waals surface area contributed by atoms with E-state index in [9.17, 15) is 9.59 Å². The van der Waals surface area contributed by atoms with Crippen molar-refractivity contribution in [3.8, 4) is 0 Å². The molecule has 0 saturated carbocycles. The predicted octanol–water partition coefficient (Wildman–Crippen LogP) is 2.00. The standard InChI is InChI=1S/C23H33N4O2/c24-23(29)27-15-13-25(14-16-27)21-9-11-26(12-10-21)22(28)8-6-18-5-7-19-3-1-2-4-20(19)17-18/h5,7-8,17,21H,1-4,6,9-16H2,(H2,24,29). The van der Waals surface area contributed by atoms with Gasteiger partial charge in [-0.25, -0.2) is 4.79 Å². The average molecular weight is 398 g/mol. The summed E-state index contributed by atoms with van der Waals surface area (Å²) in [7, 11) is 0. The minimum Gasteiger partial charge on any atom is -0.351 e. The van der Waals surface area contributed by atoms with Gasteiger partial charge in [0, 0.05) is 45.3 Å². The molecule has 0 atom stereocenters. The zero-order chi connectivity index (χ0) is 20.2. The lowest BCUT2D eigenvalue weighted by molar-refractivity contribution is -0.129. The lowest BCUT2D eigenvalue weighted by Gasteiger charge is -2.42. The Labute approximate surface area is 174 Å². The Balaban J connectivity index is 1.21. The fraction of sp³-hybridized carbons (Fsp3) is 0.609. The average Bonchev–Trinajstić information content (AvgIpc) is 2.77. The number of nitrogens with zero attached hydrogens (tertiary/aromatic N) is 3. The van der Waals surface area contributed by atoms with Crippen molar-refractivity contribution in [2.75, 3.05) is 39.3 Å². The third kappa shape index (κ3) is 4.92. The number of benzene rings is 1. The molecule has 29 heavy (non-hydrogen) atoms. The summed E-state index contributed by atoms with van der Waals surface area (Å²) in [6.45, 7) is 4.82. The zero-order valence-electron chi connectivity index (χ0n) is 17.3. The van der Waals surface area contributed by atoms with Gasteiger partial charge in [0.05, 0.1) is 6.42 Å². The molecule has 4 rings (SSSR count). The summed E-state index contributed by atoms with van der Waals surface area (Å²) in [5.74, 6) is 0.166. The predicted molar refractivity (Wildman–Crippen MR) is 113 cm³/mol. The normalized spacial score (nSPS) is 21.1. The Kier molecular flexibility index (Phi) is 6.38. The summed E-state index contributed by atoms with van der Waals surface area (Å²) < 4.78 is 0. The van der Waals surface area contributed by atoms with Gasteiger partial charge in [-0.05, 0) is 61.6 Å². The Morgan fingerprint density at radius 3 is 2.31 bits per heavy atom. The topological polar surface area (TPSA) is 69.9 Å². The van der Waals surface area contributed by atoms with E-state index in [2.05, 4.69) is 23.1 Å². The molecule has 0 unspecified atom stereocenters. The fourth-order valence-electron chi connectivity index (χ4n) is 5.01. The molecule has 1 radical (unpaired) electrons. The van der Waals surface area contributed by atoms with Gasteiger partial charge in [-0.2, -0.15) is 0 Å². The van der Waals surface area contributed by atoms with Crippen LogP contribution in [0.15, 0.2) is 18.2 Å². The molecule has 3 aliphatic rings. The molecule has 157 valence electrons. The van der Waals surface area contributed by atoms with E-state index in [1.807, 2.05) is 11.3 Å². The minimum absolute atomic E-state index is 0.166. The summed E-state index contributed by atoms with van der Waals surface area (Å²) in [6, 6.07) is 6.93. The van der Waals surface area contributed by atoms with Crippen molar-refractivity contribution in [2.24, 2.45) is 5.73 Å². The van der Waals surface area contributed by atoms with Crippen LogP contribution < -0.4 is 5.73 Å². The molecule has 2 heterocycles. The first-order valence-electron chi connectivity index (χ1n) is 11.1. The number of aryl methyl sites for hydroxylation is 2. The highest BCUT2D eigenvalue weighted by atomic mass is 16.2. The number of primary amides is 1. The van der Waals surface area contributed by atoms with E-state index in [-0.39, 0.29) is 11.9 Å². The zero-order valence-corrected chi connectivity index (χ0v) is 17.3. The maximum Gasteiger partial charge on any atom is 0.314 e. The molecule has 2 aliphatic heterocycles. The molecule has 1 aromatic carbocycles. The molecule has 2 N–H and O–H groups in total. The number of carbonyl (C=O) groups excluding carboxylic acids is 2. The van der Waals surface area contributed by atoms with Gasteiger partial charge in [0.15, 0.2) is 0 Å². The molecule has 0 bridgehead atoms. The Hall–Kier alpha value is -2.08. The van der Waals surface area contributed by atoms with Gasteiger partial charge in [0.1, 0.15) is 0 Å². The first-order valence-corrected chi connectivity index (χ1v) is 11.1. The lowest BCUT2D eigenvalue weighted by Crippen LogP contribution is -2.55. The smallest absolute Gasteiger partial charge is 0.314 e. The van der Waals surface area contributed by atoms with Gasteiger partial charge in [0.25, 0.3) is 0 Å². The highest BCUT2D eigenvalue weighted by molar-refractivity contribution is 5.85. The number of fused-ring (bicyclic) bond motifs is 1. The number of piperidine rings is 1. The molecule has 2 fully saturated rings. The molecule has 2 saturated heterocycles. The number of piperazine rings is 1. The highest BCUT2D eigenvalue weighted by Crippen LogP contribution is 2.23. The molecule has 0 aromatic heterocycles. The number of carbonyl (C=O) groups is 2. The molecule has 0 spiro atoms. The van der Waals surface area contributed by atoms with E-state index in [1.165, 1.54) is 42.4 Å². The fourth-order valence-corrected chi connectivity index (χ4v) is 5.01. The van der Waals surface area contributed by atoms with E-state index in [1.54, 1.807) is 4.90 Å². The minimum atomic E-state index is -0.320. The Morgan fingerprint density at radius 2 is 1.62 bits per heavy atom. The summed E-state index contributed by atoms with van der Waals surface area (Å²) in [6.07, 6.45) is 9.56. The van der Waals surface area contributed by atoms with E-state index in [0.717, 1.165) is 45.4 Å². The molecule has 6 nitrogen and oxygen atoms in total. The second-order valence-electron chi connectivity index (χ2n) is 8.64. The summed E-state index contributed by atoms with van der Waals surface area (Å²) in [5.41, 5.74) is 9.59. The van der Waals surface area contributed by atoms with Crippen LogP contribution in [-0.4, -0.2) is 71.9 Å². The van der Waals surface area contributed by atoms with Gasteiger partial charge < -0.3 is 15.5 Å². The van der Waals surface area contributed by atoms with Gasteiger partial charge in [-0.3, -0.25) is 9.69 Å². The van der Waals surface area contributed by atoms with E-state index >= 15 is 0 Å². The number of amides is 3. The lowest BCUT2D eigenvalue weighted by atomic mass is 9.89. The summed E-state index contributed by atoms with van der Waals surface area (Å²) in [5, 5.41) is 0. The van der Waals surface area contributed by atoms with Crippen LogP contribution >= 0.6 is 0 Å². The van der Waals surface area contributed by atoms with Crippen LogP contribution in [0.2, 0.25) is 0 Å². The van der Waals surface area contributed by atoms with Crippen molar-refractivity contribution in [1.82, 2.24) is 14.7 Å². The molecular weight excluding hydrogens is 364 g/mol. The van der Waals surface area contributed by atoms with Crippen LogP contribution in [0.1, 0.15) is 42.4 Å². The van der Waals surface area contributed by atoms with Crippen LogP contribution in [0.5, 0.6) is 0 Å². The van der Waals surface area contributed by atoms with Crippen LogP contribution in [-0.2, 0) is 24.1 Å². The number of rotatable bonds is 4. The maximum atomic E-state index is 12.7. The monoisotopic (exact) mass is 397 g/mol. The largest absolute Gasteiger partial charge is 0.351 e. The number of urea groups is 1. The molecular formula is C23H33N4O2. The number of hydrogen-bond acceptors (Lipinski definition) is 3. The van der Waals surface area contributed by atoms with Crippen molar-refractivity contribution < 1.29 is 9.59 Å². The van der Waals surface area contributed by atoms with Crippen molar-refractivity contribution in [2.45, 2.75) is 51.0 Å². The number of likely N-dealkylation sites (tertiary alicyclic amines) is 1. The SMILES string of the molecule is NC(=O)N1CCN(C2CCN(C(=O)[CH]Cc3ccc4c(c3)CCCC4)CC2)CC1. The van der Waals surface area contributed by atoms with Gasteiger partial charge in [0.2, 0.25) is 5.91 Å². The van der Waals surface area contributed by atoms with E-state index < -0.39 is 0 Å². The summed E-state index contributed by atoms with van der Waals surface area (Å²) in [4.78, 5) is 30.1. The maximum absolute atomic E-state index is 12.7. The van der Waals surface area contributed by atoms with Crippen molar-refractivity contribution in [3.05, 3.63) is 41.3 Å². The molecule has 6 heteroatoms. The Bertz CT molecular complexity index is 734. The number of nitrogens with two attached hydrogens (primary N) is 1. The molecule has 3 amide bonds. The van der Waals surface area contributed by atoms with Crippen LogP contribution in [0, 0.1) is 6.42 Å². The quantitative estimate of drug-likeness (QED) is 0.845. The Morgan fingerprint density at radius 1 is 0.931 bits per heavy atom. The first-order chi connectivity index (χ1) is 14.1. The van der Waals surface area contributed by atoms with Crippen LogP contribution in [0.3, 0.4) is 0 Å². The first kappa shape index (κ1) is 20.2. The third-order valence-corrected chi connectivity index (χ3v) is 6.84. The van der Waals surface area contributed by atoms with E-state index in [0.29, 0.717) is 19.1 Å². The van der Waals surface area contributed by atoms with Crippen molar-refractivity contribution in [1.29, 1.82) is 0 Å².